The lowest BCUT2D eigenvalue weighted by Gasteiger charge is -2.18. The zero-order valence-corrected chi connectivity index (χ0v) is 9.27. The van der Waals surface area contributed by atoms with E-state index in [1.54, 1.807) is 0 Å². The van der Waals surface area contributed by atoms with Crippen molar-refractivity contribution in [3.63, 3.8) is 0 Å². The van der Waals surface area contributed by atoms with Crippen molar-refractivity contribution in [1.29, 1.82) is 0 Å². The summed E-state index contributed by atoms with van der Waals surface area (Å²) in [6.07, 6.45) is 4.14. The molecular formula is C10H16N4O2. The van der Waals surface area contributed by atoms with Gasteiger partial charge in [0.2, 0.25) is 5.89 Å². The molecule has 88 valence electrons. The molecule has 2 fully saturated rings. The number of fused-ring (bicyclic) bond motifs is 2. The van der Waals surface area contributed by atoms with Gasteiger partial charge >= 0.3 is 6.01 Å². The lowest BCUT2D eigenvalue weighted by molar-refractivity contribution is 0.102. The van der Waals surface area contributed by atoms with Gasteiger partial charge in [-0.15, -0.1) is 5.10 Å². The molecular weight excluding hydrogens is 208 g/mol. The van der Waals surface area contributed by atoms with Gasteiger partial charge in [0.1, 0.15) is 0 Å². The molecule has 0 radical (unpaired) electrons. The van der Waals surface area contributed by atoms with E-state index in [-0.39, 0.29) is 0 Å². The average molecular weight is 224 g/mol. The average Bonchev–Trinajstić information content (AvgIpc) is 2.95. The van der Waals surface area contributed by atoms with Crippen LogP contribution in [-0.4, -0.2) is 35.5 Å². The molecule has 2 N–H and O–H groups in total. The number of nitrogens with one attached hydrogen (secondary N) is 2. The Morgan fingerprint density at radius 2 is 2.31 bits per heavy atom. The van der Waals surface area contributed by atoms with Gasteiger partial charge in [-0.3, -0.25) is 0 Å². The van der Waals surface area contributed by atoms with E-state index in [1.807, 2.05) is 7.05 Å². The van der Waals surface area contributed by atoms with Gasteiger partial charge in [-0.1, -0.05) is 5.10 Å². The maximum atomic E-state index is 5.75. The fraction of sp³-hybridized carbons (Fsp3) is 0.800. The number of rotatable bonds is 4. The molecule has 3 atom stereocenters. The molecule has 1 aromatic heterocycles. The highest BCUT2D eigenvalue weighted by atomic mass is 16.5. The molecule has 3 rings (SSSR count). The van der Waals surface area contributed by atoms with E-state index in [0.717, 1.165) is 12.8 Å². The normalized spacial score (nSPS) is 32.2. The minimum atomic E-state index is 0.324. The van der Waals surface area contributed by atoms with Crippen molar-refractivity contribution in [3.8, 4) is 0 Å². The highest BCUT2D eigenvalue weighted by molar-refractivity contribution is 5.22. The summed E-state index contributed by atoms with van der Waals surface area (Å²) in [6.45, 7) is 0.599. The Morgan fingerprint density at radius 1 is 1.38 bits per heavy atom. The number of anilines is 1. The Labute approximate surface area is 93.8 Å². The van der Waals surface area contributed by atoms with Crippen LogP contribution in [0.4, 0.5) is 6.01 Å². The van der Waals surface area contributed by atoms with Gasteiger partial charge in [0.05, 0.1) is 24.8 Å². The summed E-state index contributed by atoms with van der Waals surface area (Å²) in [7, 11) is 1.85. The summed E-state index contributed by atoms with van der Waals surface area (Å²) in [6, 6.07) is 0.841. The number of nitrogens with zero attached hydrogens (tertiary/aromatic N) is 2. The minimum Gasteiger partial charge on any atom is -0.407 e. The van der Waals surface area contributed by atoms with Crippen LogP contribution in [0.15, 0.2) is 4.42 Å². The number of hydrogen-bond acceptors (Lipinski definition) is 6. The molecule has 0 saturated carbocycles. The van der Waals surface area contributed by atoms with E-state index < -0.39 is 0 Å². The number of aromatic nitrogens is 2. The third-order valence-electron chi connectivity index (χ3n) is 3.21. The Bertz CT molecular complexity index is 367. The Balaban J connectivity index is 1.61. The molecule has 2 aliphatic rings. The second-order valence-electron chi connectivity index (χ2n) is 4.39. The van der Waals surface area contributed by atoms with Crippen LogP contribution < -0.4 is 10.6 Å². The lowest BCUT2D eigenvalue weighted by Crippen LogP contribution is -2.30. The summed E-state index contributed by atoms with van der Waals surface area (Å²) < 4.78 is 11.2. The van der Waals surface area contributed by atoms with Crippen molar-refractivity contribution >= 4 is 6.01 Å². The molecule has 3 heterocycles. The first kappa shape index (κ1) is 10.0. The van der Waals surface area contributed by atoms with Gasteiger partial charge in [0.15, 0.2) is 0 Å². The summed E-state index contributed by atoms with van der Waals surface area (Å²) >= 11 is 0. The van der Waals surface area contributed by atoms with Gasteiger partial charge in [0, 0.05) is 0 Å². The van der Waals surface area contributed by atoms with E-state index in [1.165, 1.54) is 6.42 Å². The summed E-state index contributed by atoms with van der Waals surface area (Å²) in [5.41, 5.74) is 0. The van der Waals surface area contributed by atoms with Crippen molar-refractivity contribution in [3.05, 3.63) is 5.89 Å². The lowest BCUT2D eigenvalue weighted by atomic mass is 9.96. The van der Waals surface area contributed by atoms with E-state index in [9.17, 15) is 0 Å². The molecule has 2 saturated heterocycles. The van der Waals surface area contributed by atoms with Crippen LogP contribution in [0.3, 0.4) is 0 Å². The van der Waals surface area contributed by atoms with Gasteiger partial charge in [-0.2, -0.15) is 0 Å². The number of hydrogen-bond donors (Lipinski definition) is 2. The van der Waals surface area contributed by atoms with Crippen LogP contribution in [0.2, 0.25) is 0 Å². The molecule has 0 spiro atoms. The summed E-state index contributed by atoms with van der Waals surface area (Å²) in [5.74, 6) is 0.606. The van der Waals surface area contributed by atoms with Crippen LogP contribution in [-0.2, 0) is 11.3 Å². The predicted molar refractivity (Wildman–Crippen MR) is 57.0 cm³/mol. The Hall–Kier alpha value is -1.14. The zero-order valence-electron chi connectivity index (χ0n) is 9.27. The minimum absolute atomic E-state index is 0.324. The fourth-order valence-corrected chi connectivity index (χ4v) is 2.48. The smallest absolute Gasteiger partial charge is 0.315 e. The third kappa shape index (κ3) is 1.78. The van der Waals surface area contributed by atoms with Crippen LogP contribution in [0.5, 0.6) is 0 Å². The monoisotopic (exact) mass is 224 g/mol. The molecule has 0 amide bonds. The SMILES string of the molecule is CNCc1nnc(NC2CC3CCC2O3)o1. The number of ether oxygens (including phenoxy) is 1. The second kappa shape index (κ2) is 4.03. The molecule has 3 unspecified atom stereocenters. The quantitative estimate of drug-likeness (QED) is 0.777. The Morgan fingerprint density at radius 3 is 3.00 bits per heavy atom. The van der Waals surface area contributed by atoms with E-state index >= 15 is 0 Å². The molecule has 1 aromatic rings. The molecule has 6 nitrogen and oxygen atoms in total. The molecule has 2 aliphatic heterocycles. The first-order chi connectivity index (χ1) is 7.85. The first-order valence-electron chi connectivity index (χ1n) is 5.74. The van der Waals surface area contributed by atoms with Crippen LogP contribution in [0.1, 0.15) is 25.2 Å². The summed E-state index contributed by atoms with van der Waals surface area (Å²) in [4.78, 5) is 0. The van der Waals surface area contributed by atoms with Crippen LogP contribution in [0.25, 0.3) is 0 Å². The molecule has 0 aromatic carbocycles. The molecule has 6 heteroatoms. The van der Waals surface area contributed by atoms with Crippen molar-refractivity contribution in [1.82, 2.24) is 15.5 Å². The van der Waals surface area contributed by atoms with E-state index in [0.29, 0.717) is 36.7 Å². The highest BCUT2D eigenvalue weighted by Gasteiger charge is 2.41. The maximum absolute atomic E-state index is 5.75. The van der Waals surface area contributed by atoms with Crippen molar-refractivity contribution in [2.75, 3.05) is 12.4 Å². The van der Waals surface area contributed by atoms with Gasteiger partial charge in [-0.25, -0.2) is 0 Å². The first-order valence-corrected chi connectivity index (χ1v) is 5.74. The van der Waals surface area contributed by atoms with Gasteiger partial charge in [-0.05, 0) is 26.3 Å². The van der Waals surface area contributed by atoms with Gasteiger partial charge in [0.25, 0.3) is 0 Å². The third-order valence-corrected chi connectivity index (χ3v) is 3.21. The molecule has 0 aliphatic carbocycles. The van der Waals surface area contributed by atoms with Crippen molar-refractivity contribution in [2.24, 2.45) is 0 Å². The maximum Gasteiger partial charge on any atom is 0.315 e. The topological polar surface area (TPSA) is 72.2 Å². The van der Waals surface area contributed by atoms with Crippen LogP contribution >= 0.6 is 0 Å². The van der Waals surface area contributed by atoms with E-state index in [4.69, 9.17) is 9.15 Å². The fourth-order valence-electron chi connectivity index (χ4n) is 2.48. The largest absolute Gasteiger partial charge is 0.407 e. The Kier molecular flexibility index (Phi) is 2.53. The predicted octanol–water partition coefficient (Wildman–Crippen LogP) is 0.521. The summed E-state index contributed by atoms with van der Waals surface area (Å²) in [5, 5.41) is 14.1. The van der Waals surface area contributed by atoms with Gasteiger partial charge < -0.3 is 19.8 Å². The van der Waals surface area contributed by atoms with E-state index in [2.05, 4.69) is 20.8 Å². The van der Waals surface area contributed by atoms with Crippen molar-refractivity contribution in [2.45, 2.75) is 44.1 Å². The standard InChI is InChI=1S/C10H16N4O2/c1-11-5-9-13-14-10(16-9)12-7-4-6-2-3-8(7)15-6/h6-8,11H,2-5H2,1H3,(H,12,14). The zero-order chi connectivity index (χ0) is 11.0. The van der Waals surface area contributed by atoms with Crippen LogP contribution in [0, 0.1) is 0 Å². The molecule has 2 bridgehead atoms. The molecule has 16 heavy (non-hydrogen) atoms. The second-order valence-corrected chi connectivity index (χ2v) is 4.39. The highest BCUT2D eigenvalue weighted by Crippen LogP contribution is 2.35. The van der Waals surface area contributed by atoms with Crippen molar-refractivity contribution < 1.29 is 9.15 Å².